The molecule has 6 heteroatoms. The Labute approximate surface area is 189 Å². The lowest BCUT2D eigenvalue weighted by molar-refractivity contribution is -0.118. The molecule has 1 aliphatic rings. The van der Waals surface area contributed by atoms with Crippen molar-refractivity contribution in [3.63, 3.8) is 0 Å². The van der Waals surface area contributed by atoms with Crippen LogP contribution in [0.5, 0.6) is 5.75 Å². The summed E-state index contributed by atoms with van der Waals surface area (Å²) in [5.41, 5.74) is 1.07. The van der Waals surface area contributed by atoms with Crippen molar-refractivity contribution in [2.45, 2.75) is 52.7 Å². The second-order valence-corrected chi connectivity index (χ2v) is 8.47. The fourth-order valence-corrected chi connectivity index (χ4v) is 3.69. The van der Waals surface area contributed by atoms with Gasteiger partial charge >= 0.3 is 0 Å². The lowest BCUT2D eigenvalue weighted by Crippen LogP contribution is -2.35. The molecule has 0 spiro atoms. The maximum absolute atomic E-state index is 12.6. The minimum atomic E-state index is -1.30. The van der Waals surface area contributed by atoms with Crippen molar-refractivity contribution in [1.82, 2.24) is 5.32 Å². The van der Waals surface area contributed by atoms with Crippen LogP contribution >= 0.6 is 0 Å². The number of rotatable bonds is 9. The third kappa shape index (κ3) is 6.69. The molecule has 2 unspecified atom stereocenters. The SMILES string of the molecule is CC[C@@H](C)C[C@@H](C)/C=C(C)/C=C/C=C/C(O)=C1C(=O)NC(C(O)c2ccc(O)cc2)C1=O. The minimum absolute atomic E-state index is 0.0224. The highest BCUT2D eigenvalue weighted by atomic mass is 16.3. The highest BCUT2D eigenvalue weighted by Gasteiger charge is 2.42. The first kappa shape index (κ1) is 25.1. The lowest BCUT2D eigenvalue weighted by Gasteiger charge is -2.16. The Kier molecular flexibility index (Phi) is 9.02. The number of aromatic hydroxyl groups is 1. The number of hydrogen-bond donors (Lipinski definition) is 4. The summed E-state index contributed by atoms with van der Waals surface area (Å²) in [5.74, 6) is -0.715. The van der Waals surface area contributed by atoms with Crippen LogP contribution in [-0.4, -0.2) is 33.1 Å². The smallest absolute Gasteiger partial charge is 0.259 e. The third-order valence-corrected chi connectivity index (χ3v) is 5.59. The predicted molar refractivity (Wildman–Crippen MR) is 125 cm³/mol. The number of hydrogen-bond acceptors (Lipinski definition) is 5. The van der Waals surface area contributed by atoms with Crippen LogP contribution < -0.4 is 5.32 Å². The molecule has 2 rings (SSSR count). The van der Waals surface area contributed by atoms with Gasteiger partial charge in [-0.15, -0.1) is 0 Å². The molecule has 1 amide bonds. The van der Waals surface area contributed by atoms with Crippen LogP contribution in [0.4, 0.5) is 0 Å². The molecular formula is C26H33NO5. The van der Waals surface area contributed by atoms with E-state index in [4.69, 9.17) is 0 Å². The molecule has 0 aromatic heterocycles. The van der Waals surface area contributed by atoms with E-state index in [0.29, 0.717) is 17.4 Å². The third-order valence-electron chi connectivity index (χ3n) is 5.59. The summed E-state index contributed by atoms with van der Waals surface area (Å²) in [6.45, 7) is 8.61. The van der Waals surface area contributed by atoms with Gasteiger partial charge in [0.15, 0.2) is 5.78 Å². The molecule has 1 heterocycles. The molecule has 4 atom stereocenters. The van der Waals surface area contributed by atoms with Gasteiger partial charge in [-0.25, -0.2) is 0 Å². The van der Waals surface area contributed by atoms with Crippen LogP contribution in [0.2, 0.25) is 0 Å². The zero-order valence-electron chi connectivity index (χ0n) is 19.1. The monoisotopic (exact) mass is 439 g/mol. The number of amides is 1. The fourth-order valence-electron chi connectivity index (χ4n) is 3.69. The molecule has 0 aliphatic carbocycles. The van der Waals surface area contributed by atoms with Crippen molar-refractivity contribution in [1.29, 1.82) is 0 Å². The molecule has 1 fully saturated rings. The fraction of sp³-hybridized carbons (Fsp3) is 0.385. The quantitative estimate of drug-likeness (QED) is 0.197. The first-order valence-corrected chi connectivity index (χ1v) is 10.9. The van der Waals surface area contributed by atoms with Crippen molar-refractivity contribution in [3.8, 4) is 5.75 Å². The van der Waals surface area contributed by atoms with E-state index in [-0.39, 0.29) is 11.3 Å². The number of Topliss-reactive ketones (excluding diaryl/α,β-unsaturated/α-hetero) is 1. The molecule has 1 aromatic carbocycles. The van der Waals surface area contributed by atoms with Crippen LogP contribution in [0.15, 0.2) is 71.6 Å². The highest BCUT2D eigenvalue weighted by molar-refractivity contribution is 6.27. The van der Waals surface area contributed by atoms with E-state index in [0.717, 1.165) is 18.4 Å². The molecule has 1 aliphatic heterocycles. The number of ketones is 1. The summed E-state index contributed by atoms with van der Waals surface area (Å²) in [7, 11) is 0. The average Bonchev–Trinajstić information content (AvgIpc) is 3.04. The van der Waals surface area contributed by atoms with Gasteiger partial charge in [-0.3, -0.25) is 9.59 Å². The summed E-state index contributed by atoms with van der Waals surface area (Å²) >= 11 is 0. The zero-order valence-corrected chi connectivity index (χ0v) is 19.1. The Bertz CT molecular complexity index is 939. The molecule has 32 heavy (non-hydrogen) atoms. The molecule has 1 aromatic rings. The highest BCUT2D eigenvalue weighted by Crippen LogP contribution is 2.26. The zero-order chi connectivity index (χ0) is 23.8. The number of nitrogens with one attached hydrogen (secondary N) is 1. The van der Waals surface area contributed by atoms with E-state index in [1.807, 2.05) is 13.0 Å². The van der Waals surface area contributed by atoms with E-state index in [1.165, 1.54) is 30.3 Å². The van der Waals surface area contributed by atoms with Gasteiger partial charge in [-0.05, 0) is 49.0 Å². The van der Waals surface area contributed by atoms with E-state index in [1.54, 1.807) is 12.2 Å². The first-order chi connectivity index (χ1) is 15.1. The number of aliphatic hydroxyl groups is 2. The van der Waals surface area contributed by atoms with Gasteiger partial charge in [0.05, 0.1) is 0 Å². The largest absolute Gasteiger partial charge is 0.508 e. The van der Waals surface area contributed by atoms with Gasteiger partial charge in [-0.1, -0.05) is 69.2 Å². The minimum Gasteiger partial charge on any atom is -0.508 e. The van der Waals surface area contributed by atoms with Crippen molar-refractivity contribution < 1.29 is 24.9 Å². The van der Waals surface area contributed by atoms with Gasteiger partial charge in [0.2, 0.25) is 0 Å². The summed E-state index contributed by atoms with van der Waals surface area (Å²) in [6, 6.07) is 4.48. The lowest BCUT2D eigenvalue weighted by atomic mass is 9.94. The van der Waals surface area contributed by atoms with E-state index < -0.39 is 29.6 Å². The Morgan fingerprint density at radius 2 is 1.75 bits per heavy atom. The standard InChI is InChI=1S/C26H33NO5/c1-5-16(2)14-18(4)15-17(3)8-6-7-9-21(29)22-25(31)23(27-26(22)32)24(30)19-10-12-20(28)13-11-19/h6-13,15-16,18,23-24,28-30H,5,14H2,1-4H3,(H,27,32)/b8-6+,9-7+,17-15+,22-21?/t16-,18-,23?,24?/m1/s1. The molecular weight excluding hydrogens is 406 g/mol. The molecule has 0 saturated carbocycles. The maximum atomic E-state index is 12.6. The Morgan fingerprint density at radius 1 is 1.12 bits per heavy atom. The number of allylic oxidation sites excluding steroid dienone is 6. The molecule has 0 bridgehead atoms. The van der Waals surface area contributed by atoms with Gasteiger partial charge in [0.25, 0.3) is 5.91 Å². The summed E-state index contributed by atoms with van der Waals surface area (Å²) in [6.07, 6.45) is 9.65. The van der Waals surface area contributed by atoms with Gasteiger partial charge in [-0.2, -0.15) is 0 Å². The van der Waals surface area contributed by atoms with Crippen molar-refractivity contribution >= 4 is 11.7 Å². The van der Waals surface area contributed by atoms with Crippen LogP contribution in [0, 0.1) is 11.8 Å². The Morgan fingerprint density at radius 3 is 2.38 bits per heavy atom. The van der Waals surface area contributed by atoms with Crippen LogP contribution in [-0.2, 0) is 9.59 Å². The number of phenols is 1. The molecule has 6 nitrogen and oxygen atoms in total. The maximum Gasteiger partial charge on any atom is 0.259 e. The molecule has 0 radical (unpaired) electrons. The molecule has 172 valence electrons. The van der Waals surface area contributed by atoms with Crippen LogP contribution in [0.25, 0.3) is 0 Å². The molecule has 1 saturated heterocycles. The van der Waals surface area contributed by atoms with Crippen molar-refractivity contribution in [3.05, 3.63) is 77.1 Å². The average molecular weight is 440 g/mol. The van der Waals surface area contributed by atoms with Crippen LogP contribution in [0.3, 0.4) is 0 Å². The number of benzene rings is 1. The van der Waals surface area contributed by atoms with Crippen molar-refractivity contribution in [2.75, 3.05) is 0 Å². The summed E-state index contributed by atoms with van der Waals surface area (Å²) in [4.78, 5) is 24.9. The predicted octanol–water partition coefficient (Wildman–Crippen LogP) is 4.44. The van der Waals surface area contributed by atoms with E-state index in [2.05, 4.69) is 32.2 Å². The Balaban J connectivity index is 2.06. The Hall–Kier alpha value is -3.12. The van der Waals surface area contributed by atoms with Gasteiger partial charge in [0.1, 0.15) is 29.2 Å². The number of phenolic OH excluding ortho intramolecular Hbond substituents is 1. The normalized spacial score (nSPS) is 21.8. The number of aliphatic hydroxyl groups excluding tert-OH is 2. The summed E-state index contributed by atoms with van der Waals surface area (Å²) < 4.78 is 0. The van der Waals surface area contributed by atoms with E-state index >= 15 is 0 Å². The molecule has 4 N–H and O–H groups in total. The second-order valence-electron chi connectivity index (χ2n) is 8.47. The van der Waals surface area contributed by atoms with Crippen LogP contribution in [0.1, 0.15) is 52.2 Å². The first-order valence-electron chi connectivity index (χ1n) is 10.9. The number of carbonyl (C=O) groups excluding carboxylic acids is 2. The summed E-state index contributed by atoms with van der Waals surface area (Å²) in [5, 5.41) is 32.5. The van der Waals surface area contributed by atoms with E-state index in [9.17, 15) is 24.9 Å². The van der Waals surface area contributed by atoms with Gasteiger partial charge in [0, 0.05) is 0 Å². The second kappa shape index (κ2) is 11.5. The number of carbonyl (C=O) groups is 2. The van der Waals surface area contributed by atoms with Crippen molar-refractivity contribution in [2.24, 2.45) is 11.8 Å². The van der Waals surface area contributed by atoms with Gasteiger partial charge < -0.3 is 20.6 Å². The topological polar surface area (TPSA) is 107 Å².